The lowest BCUT2D eigenvalue weighted by atomic mass is 9.71. The standard InChI is InChI=1S/C31H46O6.H2O.2H2/c1-19(2)24-17-23(7-11-31(4)9-5-6-10-31)30(37)29-25(24)15-21(16-28(29)36)14-22(8-12-32)26(18-33)27(35)13-20(3)34;;;/h17,19,21-22,26,32-33,37H,5-16,18H2,1-4H3;1H2;2*1H. The molecular weight excluding hydrogens is 484 g/mol. The summed E-state index contributed by atoms with van der Waals surface area (Å²) in [5.74, 6) is -1.40. The van der Waals surface area contributed by atoms with E-state index >= 15 is 0 Å². The van der Waals surface area contributed by atoms with Gasteiger partial charge in [-0.1, -0.05) is 39.7 Å². The van der Waals surface area contributed by atoms with Crippen LogP contribution in [-0.4, -0.2) is 51.4 Å². The number of benzene rings is 1. The highest BCUT2D eigenvalue weighted by atomic mass is 16.3. The van der Waals surface area contributed by atoms with E-state index in [9.17, 15) is 29.7 Å². The molecule has 2 aliphatic carbocycles. The lowest BCUT2D eigenvalue weighted by molar-refractivity contribution is -0.131. The zero-order chi connectivity index (χ0) is 27.3. The molecule has 0 spiro atoms. The van der Waals surface area contributed by atoms with Gasteiger partial charge >= 0.3 is 0 Å². The van der Waals surface area contributed by atoms with Crippen LogP contribution < -0.4 is 0 Å². The molecular formula is C31H52O7. The summed E-state index contributed by atoms with van der Waals surface area (Å²) in [4.78, 5) is 37.6. The fourth-order valence-electron chi connectivity index (χ4n) is 6.79. The number of phenols is 1. The van der Waals surface area contributed by atoms with Crippen LogP contribution >= 0.6 is 0 Å². The van der Waals surface area contributed by atoms with Gasteiger partial charge in [-0.25, -0.2) is 0 Å². The van der Waals surface area contributed by atoms with E-state index in [0.29, 0.717) is 30.2 Å². The van der Waals surface area contributed by atoms with E-state index in [1.807, 2.05) is 0 Å². The van der Waals surface area contributed by atoms with E-state index in [-0.39, 0.29) is 75.2 Å². The molecule has 0 heterocycles. The van der Waals surface area contributed by atoms with Crippen LogP contribution in [0.4, 0.5) is 0 Å². The smallest absolute Gasteiger partial charge is 0.167 e. The second-order valence-corrected chi connectivity index (χ2v) is 12.3. The summed E-state index contributed by atoms with van der Waals surface area (Å²) in [6.45, 7) is 7.39. The van der Waals surface area contributed by atoms with Crippen molar-refractivity contribution in [1.29, 1.82) is 0 Å². The Hall–Kier alpha value is -2.09. The van der Waals surface area contributed by atoms with E-state index in [0.717, 1.165) is 29.5 Å². The van der Waals surface area contributed by atoms with E-state index in [1.165, 1.54) is 32.6 Å². The second-order valence-electron chi connectivity index (χ2n) is 12.3. The van der Waals surface area contributed by atoms with Crippen LogP contribution in [0.25, 0.3) is 0 Å². The van der Waals surface area contributed by atoms with Crippen molar-refractivity contribution in [2.75, 3.05) is 13.2 Å². The lowest BCUT2D eigenvalue weighted by Crippen LogP contribution is -2.32. The Morgan fingerprint density at radius 2 is 1.82 bits per heavy atom. The van der Waals surface area contributed by atoms with Crippen LogP contribution in [0.1, 0.15) is 121 Å². The SMILES string of the molecule is CC(=O)CC(=O)C(CO)C(CCO)CC1CC(=O)c2c(O)c(CCC3(C)CCCC3)cc(C(C)C)c2C1.O.[HH].[HH]. The minimum atomic E-state index is -0.732. The van der Waals surface area contributed by atoms with Crippen LogP contribution in [0.3, 0.4) is 0 Å². The van der Waals surface area contributed by atoms with Gasteiger partial charge in [-0.2, -0.15) is 0 Å². The molecule has 7 heteroatoms. The number of carbonyl (C=O) groups is 3. The first-order valence-corrected chi connectivity index (χ1v) is 14.1. The summed E-state index contributed by atoms with van der Waals surface area (Å²) in [5.41, 5.74) is 3.65. The average molecular weight is 537 g/mol. The Morgan fingerprint density at radius 1 is 1.16 bits per heavy atom. The third kappa shape index (κ3) is 7.51. The maximum atomic E-state index is 13.5. The topological polar surface area (TPSA) is 143 Å². The molecule has 2 aliphatic rings. The predicted octanol–water partition coefficient (Wildman–Crippen LogP) is 4.99. The monoisotopic (exact) mass is 536 g/mol. The number of rotatable bonds is 13. The van der Waals surface area contributed by atoms with Gasteiger partial charge in [-0.05, 0) is 91.7 Å². The van der Waals surface area contributed by atoms with Crippen LogP contribution in [0.5, 0.6) is 5.75 Å². The van der Waals surface area contributed by atoms with Crippen molar-refractivity contribution in [3.05, 3.63) is 28.3 Å². The molecule has 1 fully saturated rings. The quantitative estimate of drug-likeness (QED) is 0.303. The number of aryl methyl sites for hydroxylation is 1. The zero-order valence-electron chi connectivity index (χ0n) is 23.6. The van der Waals surface area contributed by atoms with Gasteiger partial charge in [0.15, 0.2) is 5.78 Å². The Balaban J connectivity index is 0.00000507. The van der Waals surface area contributed by atoms with Crippen LogP contribution in [-0.2, 0) is 22.4 Å². The number of aliphatic hydroxyl groups excluding tert-OH is 2. The molecule has 1 aromatic rings. The highest BCUT2D eigenvalue weighted by Gasteiger charge is 2.36. The molecule has 0 amide bonds. The number of Topliss-reactive ketones (excluding diaryl/α,β-unsaturated/α-hetero) is 3. The van der Waals surface area contributed by atoms with Crippen molar-refractivity contribution in [1.82, 2.24) is 0 Å². The van der Waals surface area contributed by atoms with Crippen molar-refractivity contribution >= 4 is 17.3 Å². The number of aromatic hydroxyl groups is 1. The van der Waals surface area contributed by atoms with E-state index in [1.54, 1.807) is 0 Å². The third-order valence-electron chi connectivity index (χ3n) is 8.94. The average Bonchev–Trinajstić information content (AvgIpc) is 3.24. The number of ketones is 3. The predicted molar refractivity (Wildman–Crippen MR) is 152 cm³/mol. The van der Waals surface area contributed by atoms with Crippen molar-refractivity contribution in [2.24, 2.45) is 23.2 Å². The van der Waals surface area contributed by atoms with Crippen molar-refractivity contribution in [3.63, 3.8) is 0 Å². The summed E-state index contributed by atoms with van der Waals surface area (Å²) >= 11 is 0. The fraction of sp³-hybridized carbons (Fsp3) is 0.710. The normalized spacial score (nSPS) is 20.1. The Labute approximate surface area is 230 Å². The Bertz CT molecular complexity index is 1000. The van der Waals surface area contributed by atoms with Gasteiger partial charge in [0.05, 0.1) is 18.6 Å². The summed E-state index contributed by atoms with van der Waals surface area (Å²) in [5, 5.41) is 30.9. The summed E-state index contributed by atoms with van der Waals surface area (Å²) in [6, 6.07) is 2.10. The van der Waals surface area contributed by atoms with Gasteiger partial charge in [-0.15, -0.1) is 0 Å². The van der Waals surface area contributed by atoms with E-state index < -0.39 is 5.92 Å². The van der Waals surface area contributed by atoms with Crippen LogP contribution in [0.15, 0.2) is 6.07 Å². The van der Waals surface area contributed by atoms with Gasteiger partial charge in [0.25, 0.3) is 0 Å². The third-order valence-corrected chi connectivity index (χ3v) is 8.94. The highest BCUT2D eigenvalue weighted by molar-refractivity contribution is 6.02. The zero-order valence-corrected chi connectivity index (χ0v) is 23.6. The minimum absolute atomic E-state index is 0. The van der Waals surface area contributed by atoms with E-state index in [4.69, 9.17) is 0 Å². The molecule has 0 bridgehead atoms. The Morgan fingerprint density at radius 3 is 2.37 bits per heavy atom. The van der Waals surface area contributed by atoms with Crippen molar-refractivity contribution in [2.45, 2.75) is 104 Å². The van der Waals surface area contributed by atoms with Gasteiger partial charge in [-0.3, -0.25) is 14.4 Å². The molecule has 3 unspecified atom stereocenters. The summed E-state index contributed by atoms with van der Waals surface area (Å²) < 4.78 is 0. The summed E-state index contributed by atoms with van der Waals surface area (Å²) in [7, 11) is 0. The molecule has 1 aromatic carbocycles. The first kappa shape index (κ1) is 32.1. The molecule has 1 saturated carbocycles. The van der Waals surface area contributed by atoms with E-state index in [2.05, 4.69) is 26.8 Å². The minimum Gasteiger partial charge on any atom is -0.507 e. The lowest BCUT2D eigenvalue weighted by Gasteiger charge is -2.33. The number of fused-ring (bicyclic) bond motifs is 1. The number of hydrogen-bond acceptors (Lipinski definition) is 6. The first-order chi connectivity index (χ1) is 17.5. The van der Waals surface area contributed by atoms with Gasteiger partial charge < -0.3 is 20.8 Å². The molecule has 3 rings (SSSR count). The highest BCUT2D eigenvalue weighted by Crippen LogP contribution is 2.45. The molecule has 218 valence electrons. The largest absolute Gasteiger partial charge is 0.507 e. The number of hydrogen-bond donors (Lipinski definition) is 3. The molecule has 0 radical (unpaired) electrons. The van der Waals surface area contributed by atoms with Crippen LogP contribution in [0.2, 0.25) is 0 Å². The number of phenolic OH excluding ortho intramolecular Hbond substituents is 1. The summed E-state index contributed by atoms with van der Waals surface area (Å²) in [6.07, 6.45) is 8.20. The maximum absolute atomic E-state index is 13.5. The molecule has 0 aliphatic heterocycles. The van der Waals surface area contributed by atoms with Gasteiger partial charge in [0.1, 0.15) is 17.3 Å². The van der Waals surface area contributed by atoms with Crippen molar-refractivity contribution < 1.29 is 38.0 Å². The molecule has 0 saturated heterocycles. The molecule has 3 atom stereocenters. The molecule has 38 heavy (non-hydrogen) atoms. The fourth-order valence-corrected chi connectivity index (χ4v) is 6.79. The number of carbonyl (C=O) groups excluding carboxylic acids is 3. The van der Waals surface area contributed by atoms with Gasteiger partial charge in [0, 0.05) is 21.8 Å². The van der Waals surface area contributed by atoms with Crippen molar-refractivity contribution in [3.8, 4) is 5.75 Å². The first-order valence-electron chi connectivity index (χ1n) is 14.1. The molecule has 5 N–H and O–H groups in total. The van der Waals surface area contributed by atoms with Gasteiger partial charge in [0.2, 0.25) is 0 Å². The number of aliphatic hydroxyl groups is 2. The Kier molecular flexibility index (Phi) is 11.7. The van der Waals surface area contributed by atoms with Crippen LogP contribution in [0, 0.1) is 23.2 Å². The maximum Gasteiger partial charge on any atom is 0.167 e. The molecule has 7 nitrogen and oxygen atoms in total. The second kappa shape index (κ2) is 13.8. The molecule has 0 aromatic heterocycles.